The van der Waals surface area contributed by atoms with E-state index in [2.05, 4.69) is 25.2 Å². The third-order valence-corrected chi connectivity index (χ3v) is 6.36. The maximum atomic E-state index is 12.5. The Morgan fingerprint density at radius 3 is 2.32 bits per heavy atom. The highest BCUT2D eigenvalue weighted by Gasteiger charge is 2.15. The Morgan fingerprint density at radius 1 is 1.03 bits per heavy atom. The molecule has 0 aliphatic rings. The number of hydrogen-bond acceptors (Lipinski definition) is 4. The molecule has 0 spiro atoms. The first-order chi connectivity index (χ1) is 16.2. The van der Waals surface area contributed by atoms with E-state index in [1.54, 1.807) is 42.5 Å². The zero-order valence-corrected chi connectivity index (χ0v) is 21.2. The predicted molar refractivity (Wildman–Crippen MR) is 138 cm³/mol. The summed E-state index contributed by atoms with van der Waals surface area (Å²) in [7, 11) is -2.54. The maximum absolute atomic E-state index is 12.5. The molecule has 1 amide bonds. The minimum Gasteiger partial charge on any atom is -0.326 e. The Bertz CT molecular complexity index is 1310. The van der Waals surface area contributed by atoms with Crippen LogP contribution in [0.5, 0.6) is 0 Å². The zero-order chi connectivity index (χ0) is 24.8. The van der Waals surface area contributed by atoms with Crippen molar-refractivity contribution in [3.05, 3.63) is 86.9 Å². The average molecular weight is 515 g/mol. The highest BCUT2D eigenvalue weighted by molar-refractivity contribution is 7.71. The molecule has 34 heavy (non-hydrogen) atoms. The van der Waals surface area contributed by atoms with Crippen molar-refractivity contribution < 1.29 is 13.2 Å². The fourth-order valence-electron chi connectivity index (χ4n) is 3.75. The van der Waals surface area contributed by atoms with Crippen molar-refractivity contribution in [1.29, 1.82) is 5.26 Å². The summed E-state index contributed by atoms with van der Waals surface area (Å²) >= 11 is 13.1. The van der Waals surface area contributed by atoms with E-state index in [-0.39, 0.29) is 18.1 Å². The molecule has 3 rings (SSSR count). The summed E-state index contributed by atoms with van der Waals surface area (Å²) in [6.45, 7) is 4.20. The third-order valence-electron chi connectivity index (χ3n) is 5.14. The van der Waals surface area contributed by atoms with E-state index in [0.717, 1.165) is 17.5 Å². The maximum Gasteiger partial charge on any atom is 0.228 e. The number of benzene rings is 3. The molecule has 0 bridgehead atoms. The van der Waals surface area contributed by atoms with Crippen molar-refractivity contribution in [2.24, 2.45) is 5.92 Å². The summed E-state index contributed by atoms with van der Waals surface area (Å²) in [5, 5.41) is 13.1. The Hall–Kier alpha value is -2.85. The van der Waals surface area contributed by atoms with Crippen molar-refractivity contribution >= 4 is 45.5 Å². The molecule has 0 aliphatic carbocycles. The van der Waals surface area contributed by atoms with Crippen molar-refractivity contribution in [1.82, 2.24) is 0 Å². The Balaban J connectivity index is 1.80. The van der Waals surface area contributed by atoms with Crippen LogP contribution >= 0.6 is 23.2 Å². The van der Waals surface area contributed by atoms with Crippen molar-refractivity contribution in [2.45, 2.75) is 32.4 Å². The second kappa shape index (κ2) is 11.5. The van der Waals surface area contributed by atoms with Gasteiger partial charge >= 0.3 is 0 Å². The molecule has 5 nitrogen and oxygen atoms in total. The highest BCUT2D eigenvalue weighted by Crippen LogP contribution is 2.38. The van der Waals surface area contributed by atoms with Gasteiger partial charge in [-0.25, -0.2) is 8.42 Å². The second-order valence-corrected chi connectivity index (χ2v) is 10.2. The fourth-order valence-corrected chi connectivity index (χ4v) is 4.95. The van der Waals surface area contributed by atoms with Gasteiger partial charge < -0.3 is 5.32 Å². The number of amides is 1. The molecule has 0 saturated heterocycles. The standard InChI is InChI=1S/C26H24Cl2N2O3S/c1-16(2)8-19-6-7-20(11-21(19)14-29)26-23(27)12-22(13-24(26)28)30-25(31)10-17-4-3-5-18(9-17)15-34(32)33/h3-7,9,11-13,16,34H,8,10,15H2,1-2H3,(H,30,31). The molecular weight excluding hydrogens is 491 g/mol. The van der Waals surface area contributed by atoms with E-state index in [0.29, 0.717) is 43.9 Å². The number of nitriles is 1. The summed E-state index contributed by atoms with van der Waals surface area (Å²) < 4.78 is 21.9. The van der Waals surface area contributed by atoms with Gasteiger partial charge in [-0.3, -0.25) is 4.79 Å². The number of hydrogen-bond donors (Lipinski definition) is 2. The van der Waals surface area contributed by atoms with E-state index in [1.165, 1.54) is 0 Å². The van der Waals surface area contributed by atoms with Crippen molar-refractivity contribution in [3.8, 4) is 17.2 Å². The molecule has 176 valence electrons. The minimum atomic E-state index is -2.54. The van der Waals surface area contributed by atoms with Crippen LogP contribution in [0.2, 0.25) is 10.0 Å². The van der Waals surface area contributed by atoms with Gasteiger partial charge in [0.1, 0.15) is 10.7 Å². The number of rotatable bonds is 8. The molecule has 1 N–H and O–H groups in total. The second-order valence-electron chi connectivity index (χ2n) is 8.43. The average Bonchev–Trinajstić information content (AvgIpc) is 2.73. The Morgan fingerprint density at radius 2 is 1.71 bits per heavy atom. The number of halogens is 2. The van der Waals surface area contributed by atoms with Crippen LogP contribution in [0, 0.1) is 17.2 Å². The van der Waals surface area contributed by atoms with Gasteiger partial charge in [-0.2, -0.15) is 5.26 Å². The minimum absolute atomic E-state index is 0.0660. The van der Waals surface area contributed by atoms with Gasteiger partial charge in [0.2, 0.25) is 5.91 Å². The summed E-state index contributed by atoms with van der Waals surface area (Å²) in [4.78, 5) is 12.5. The Kier molecular flexibility index (Phi) is 8.73. The van der Waals surface area contributed by atoms with Gasteiger partial charge in [0, 0.05) is 11.3 Å². The summed E-state index contributed by atoms with van der Waals surface area (Å²) in [5.74, 6) is 0.0729. The van der Waals surface area contributed by atoms with Gasteiger partial charge in [-0.05, 0) is 52.8 Å². The molecule has 3 aromatic carbocycles. The molecule has 0 saturated carbocycles. The topological polar surface area (TPSA) is 87.0 Å². The lowest BCUT2D eigenvalue weighted by atomic mass is 9.94. The molecule has 8 heteroatoms. The van der Waals surface area contributed by atoms with Crippen LogP contribution in [-0.4, -0.2) is 14.3 Å². The van der Waals surface area contributed by atoms with Gasteiger partial charge in [-0.1, -0.05) is 73.4 Å². The number of thiol groups is 1. The highest BCUT2D eigenvalue weighted by atomic mass is 35.5. The molecule has 0 heterocycles. The van der Waals surface area contributed by atoms with Crippen LogP contribution in [0.4, 0.5) is 5.69 Å². The quantitative estimate of drug-likeness (QED) is 0.359. The van der Waals surface area contributed by atoms with E-state index < -0.39 is 10.7 Å². The third kappa shape index (κ3) is 6.83. The number of carbonyl (C=O) groups excluding carboxylic acids is 1. The van der Waals surface area contributed by atoms with Crippen LogP contribution in [0.15, 0.2) is 54.6 Å². The van der Waals surface area contributed by atoms with Gasteiger partial charge in [0.15, 0.2) is 0 Å². The van der Waals surface area contributed by atoms with E-state index in [4.69, 9.17) is 23.2 Å². The van der Waals surface area contributed by atoms with Crippen LogP contribution in [-0.2, 0) is 34.1 Å². The SMILES string of the molecule is CC(C)Cc1ccc(-c2c(Cl)cc(NC(=O)Cc3cccc(C[SH](=O)=O)c3)cc2Cl)cc1C#N. The van der Waals surface area contributed by atoms with Crippen LogP contribution in [0.3, 0.4) is 0 Å². The normalized spacial score (nSPS) is 11.0. The van der Waals surface area contributed by atoms with E-state index in [1.807, 2.05) is 12.1 Å². The first-order valence-corrected chi connectivity index (χ1v) is 12.8. The molecular formula is C26H24Cl2N2O3S. The molecule has 0 unspecified atom stereocenters. The van der Waals surface area contributed by atoms with Gasteiger partial charge in [0.05, 0.1) is 33.9 Å². The fraction of sp³-hybridized carbons (Fsp3) is 0.231. The van der Waals surface area contributed by atoms with Gasteiger partial charge in [0.25, 0.3) is 0 Å². The Labute approximate surface area is 211 Å². The molecule has 0 radical (unpaired) electrons. The zero-order valence-electron chi connectivity index (χ0n) is 18.8. The number of anilines is 1. The lowest BCUT2D eigenvalue weighted by Crippen LogP contribution is -2.14. The van der Waals surface area contributed by atoms with E-state index in [9.17, 15) is 18.5 Å². The predicted octanol–water partition coefficient (Wildman–Crippen LogP) is 6.02. The molecule has 0 atom stereocenters. The van der Waals surface area contributed by atoms with Crippen LogP contribution < -0.4 is 5.32 Å². The number of nitrogens with one attached hydrogen (secondary N) is 1. The lowest BCUT2D eigenvalue weighted by molar-refractivity contribution is -0.115. The monoisotopic (exact) mass is 514 g/mol. The summed E-state index contributed by atoms with van der Waals surface area (Å²) in [6, 6.07) is 18.0. The van der Waals surface area contributed by atoms with Crippen LogP contribution in [0.1, 0.15) is 36.1 Å². The molecule has 3 aromatic rings. The summed E-state index contributed by atoms with van der Waals surface area (Å²) in [6.07, 6.45) is 0.872. The first kappa shape index (κ1) is 25.8. The van der Waals surface area contributed by atoms with E-state index >= 15 is 0 Å². The summed E-state index contributed by atoms with van der Waals surface area (Å²) in [5.41, 5.74) is 4.65. The lowest BCUT2D eigenvalue weighted by Gasteiger charge is -2.14. The van der Waals surface area contributed by atoms with Crippen LogP contribution in [0.25, 0.3) is 11.1 Å². The molecule has 0 fully saturated rings. The smallest absolute Gasteiger partial charge is 0.228 e. The van der Waals surface area contributed by atoms with Gasteiger partial charge in [-0.15, -0.1) is 0 Å². The number of nitrogens with zero attached hydrogens (tertiary/aromatic N) is 1. The van der Waals surface area contributed by atoms with Crippen molar-refractivity contribution in [2.75, 3.05) is 5.32 Å². The number of carbonyl (C=O) groups is 1. The molecule has 0 aliphatic heterocycles. The van der Waals surface area contributed by atoms with Crippen molar-refractivity contribution in [3.63, 3.8) is 0 Å². The largest absolute Gasteiger partial charge is 0.326 e. The molecule has 0 aromatic heterocycles. The first-order valence-electron chi connectivity index (χ1n) is 10.7.